The second kappa shape index (κ2) is 3.25. The zero-order valence-electron chi connectivity index (χ0n) is 7.64. The standard InChI is InChI=1S/C9H16B2/c1-7-4-3-5-8(6-7)9(2,10)11/h7-8H,3-6H2,1-2H3/t7-,8?/m0/s1. The third-order valence-electron chi connectivity index (χ3n) is 2.82. The molecule has 4 radical (unpaired) electrons. The van der Waals surface area contributed by atoms with Gasteiger partial charge in [-0.1, -0.05) is 44.2 Å². The van der Waals surface area contributed by atoms with Gasteiger partial charge in [0.15, 0.2) is 0 Å². The molecule has 0 bridgehead atoms. The fourth-order valence-electron chi connectivity index (χ4n) is 2.00. The summed E-state index contributed by atoms with van der Waals surface area (Å²) < 4.78 is 0. The van der Waals surface area contributed by atoms with E-state index in [1.54, 1.807) is 0 Å². The summed E-state index contributed by atoms with van der Waals surface area (Å²) in [4.78, 5) is 0. The van der Waals surface area contributed by atoms with Crippen LogP contribution >= 0.6 is 0 Å². The van der Waals surface area contributed by atoms with Crippen molar-refractivity contribution < 1.29 is 0 Å². The van der Waals surface area contributed by atoms with Gasteiger partial charge in [-0.25, -0.2) is 0 Å². The fraction of sp³-hybridized carbons (Fsp3) is 1.00. The molecule has 11 heavy (non-hydrogen) atoms. The molecule has 0 aromatic rings. The number of rotatable bonds is 1. The molecule has 1 rings (SSSR count). The Labute approximate surface area is 73.0 Å². The van der Waals surface area contributed by atoms with E-state index in [1.807, 2.05) is 6.92 Å². The molecule has 1 fully saturated rings. The lowest BCUT2D eigenvalue weighted by atomic mass is 9.47. The van der Waals surface area contributed by atoms with Crippen molar-refractivity contribution in [3.63, 3.8) is 0 Å². The van der Waals surface area contributed by atoms with Crippen LogP contribution in [0.2, 0.25) is 5.21 Å². The van der Waals surface area contributed by atoms with Crippen LogP contribution in [0.1, 0.15) is 39.5 Å². The van der Waals surface area contributed by atoms with Crippen LogP contribution in [0.4, 0.5) is 0 Å². The molecule has 58 valence electrons. The first-order valence-electron chi connectivity index (χ1n) is 4.58. The van der Waals surface area contributed by atoms with Gasteiger partial charge >= 0.3 is 0 Å². The molecule has 1 aliphatic rings. The molecule has 2 heteroatoms. The largest absolute Gasteiger partial charge is 0.0990 e. The molecule has 0 aromatic carbocycles. The maximum atomic E-state index is 5.85. The van der Waals surface area contributed by atoms with Crippen molar-refractivity contribution in [1.82, 2.24) is 0 Å². The van der Waals surface area contributed by atoms with E-state index in [2.05, 4.69) is 6.92 Å². The van der Waals surface area contributed by atoms with Crippen molar-refractivity contribution in [1.29, 1.82) is 0 Å². The molecular formula is C9H16B2. The summed E-state index contributed by atoms with van der Waals surface area (Å²) >= 11 is 0. The molecule has 1 aliphatic carbocycles. The highest BCUT2D eigenvalue weighted by atomic mass is 14.3. The lowest BCUT2D eigenvalue weighted by molar-refractivity contribution is 0.263. The molecule has 2 atom stereocenters. The molecular weight excluding hydrogens is 130 g/mol. The van der Waals surface area contributed by atoms with Crippen molar-refractivity contribution in [2.45, 2.75) is 44.7 Å². The normalized spacial score (nSPS) is 33.6. The topological polar surface area (TPSA) is 0 Å². The molecule has 0 N–H and O–H groups in total. The summed E-state index contributed by atoms with van der Waals surface area (Å²) in [6.07, 6.45) is 5.08. The second-order valence-corrected chi connectivity index (χ2v) is 4.33. The van der Waals surface area contributed by atoms with E-state index < -0.39 is 5.21 Å². The minimum Gasteiger partial charge on any atom is -0.0990 e. The van der Waals surface area contributed by atoms with Crippen LogP contribution in [-0.2, 0) is 0 Å². The fourth-order valence-corrected chi connectivity index (χ4v) is 2.00. The predicted molar refractivity (Wildman–Crippen MR) is 51.0 cm³/mol. The molecule has 0 aromatic heterocycles. The highest BCUT2D eigenvalue weighted by molar-refractivity contribution is 6.39. The van der Waals surface area contributed by atoms with Gasteiger partial charge in [0.05, 0.1) is 15.7 Å². The lowest BCUT2D eigenvalue weighted by Gasteiger charge is -2.37. The van der Waals surface area contributed by atoms with Crippen molar-refractivity contribution in [3.05, 3.63) is 0 Å². The van der Waals surface area contributed by atoms with Gasteiger partial charge in [-0.2, -0.15) is 0 Å². The van der Waals surface area contributed by atoms with Gasteiger partial charge in [0.1, 0.15) is 0 Å². The van der Waals surface area contributed by atoms with Crippen molar-refractivity contribution in [2.75, 3.05) is 0 Å². The maximum Gasteiger partial charge on any atom is 0.0620 e. The molecule has 0 heterocycles. The van der Waals surface area contributed by atoms with Gasteiger partial charge in [0, 0.05) is 0 Å². The van der Waals surface area contributed by atoms with Crippen molar-refractivity contribution in [3.8, 4) is 0 Å². The highest BCUT2D eigenvalue weighted by Crippen LogP contribution is 2.40. The van der Waals surface area contributed by atoms with Crippen LogP contribution < -0.4 is 0 Å². The van der Waals surface area contributed by atoms with E-state index in [0.717, 1.165) is 5.92 Å². The quantitative estimate of drug-likeness (QED) is 0.497. The lowest BCUT2D eigenvalue weighted by Crippen LogP contribution is -2.26. The van der Waals surface area contributed by atoms with E-state index in [-0.39, 0.29) is 0 Å². The zero-order valence-corrected chi connectivity index (χ0v) is 7.64. The Hall–Kier alpha value is 0.130. The van der Waals surface area contributed by atoms with Gasteiger partial charge in [0.2, 0.25) is 0 Å². The first-order valence-corrected chi connectivity index (χ1v) is 4.58. The van der Waals surface area contributed by atoms with Crippen LogP contribution in [0.15, 0.2) is 0 Å². The predicted octanol–water partition coefficient (Wildman–Crippen LogP) is 2.29. The Morgan fingerprint density at radius 3 is 2.27 bits per heavy atom. The highest BCUT2D eigenvalue weighted by Gasteiger charge is 2.27. The molecule has 0 aliphatic heterocycles. The first-order chi connectivity index (χ1) is 5.00. The number of hydrogen-bond acceptors (Lipinski definition) is 0. The second-order valence-electron chi connectivity index (χ2n) is 4.33. The van der Waals surface area contributed by atoms with Gasteiger partial charge in [-0.3, -0.25) is 0 Å². The summed E-state index contributed by atoms with van der Waals surface area (Å²) in [5.41, 5.74) is 0. The van der Waals surface area contributed by atoms with E-state index in [9.17, 15) is 0 Å². The van der Waals surface area contributed by atoms with Gasteiger partial charge < -0.3 is 0 Å². The smallest absolute Gasteiger partial charge is 0.0620 e. The van der Waals surface area contributed by atoms with E-state index in [1.165, 1.54) is 25.7 Å². The SMILES string of the molecule is [B]C([B])(C)C1CCC[C@H](C)C1. The minimum atomic E-state index is -0.450. The Balaban J connectivity index is 2.46. The van der Waals surface area contributed by atoms with Crippen LogP contribution in [0.25, 0.3) is 0 Å². The van der Waals surface area contributed by atoms with Crippen molar-refractivity contribution in [2.24, 2.45) is 11.8 Å². The van der Waals surface area contributed by atoms with E-state index in [0.29, 0.717) is 5.92 Å². The monoisotopic (exact) mass is 146 g/mol. The maximum absolute atomic E-state index is 5.85. The third kappa shape index (κ3) is 2.57. The summed E-state index contributed by atoms with van der Waals surface area (Å²) in [6, 6.07) is 0. The van der Waals surface area contributed by atoms with E-state index in [4.69, 9.17) is 15.7 Å². The Bertz CT molecular complexity index is 126. The average molecular weight is 146 g/mol. The molecule has 0 nitrogen and oxygen atoms in total. The average Bonchev–Trinajstić information content (AvgIpc) is 1.86. The first kappa shape index (κ1) is 9.22. The number of hydrogen-bond donors (Lipinski definition) is 0. The molecule has 0 saturated heterocycles. The van der Waals surface area contributed by atoms with Crippen LogP contribution in [0.5, 0.6) is 0 Å². The summed E-state index contributed by atoms with van der Waals surface area (Å²) in [5, 5.41) is -0.450. The van der Waals surface area contributed by atoms with E-state index >= 15 is 0 Å². The van der Waals surface area contributed by atoms with Gasteiger partial charge in [-0.05, 0) is 12.3 Å². The van der Waals surface area contributed by atoms with Crippen molar-refractivity contribution >= 4 is 15.7 Å². The van der Waals surface area contributed by atoms with Crippen LogP contribution in [0.3, 0.4) is 0 Å². The summed E-state index contributed by atoms with van der Waals surface area (Å²) in [7, 11) is 11.7. The molecule has 0 amide bonds. The summed E-state index contributed by atoms with van der Waals surface area (Å²) in [5.74, 6) is 1.35. The van der Waals surface area contributed by atoms with Crippen LogP contribution in [0, 0.1) is 11.8 Å². The molecule has 1 unspecified atom stereocenters. The Morgan fingerprint density at radius 1 is 1.27 bits per heavy atom. The van der Waals surface area contributed by atoms with Gasteiger partial charge in [0.25, 0.3) is 0 Å². The molecule has 0 spiro atoms. The Morgan fingerprint density at radius 2 is 1.91 bits per heavy atom. The minimum absolute atomic E-state index is 0.450. The molecule has 1 saturated carbocycles. The summed E-state index contributed by atoms with van der Waals surface area (Å²) in [6.45, 7) is 4.23. The van der Waals surface area contributed by atoms with Gasteiger partial charge in [-0.15, -0.1) is 0 Å². The third-order valence-corrected chi connectivity index (χ3v) is 2.82. The zero-order chi connectivity index (χ0) is 8.48. The van der Waals surface area contributed by atoms with Crippen LogP contribution in [-0.4, -0.2) is 15.7 Å². The Kier molecular flexibility index (Phi) is 2.72.